The third kappa shape index (κ3) is 4.55. The van der Waals surface area contributed by atoms with Crippen molar-refractivity contribution in [2.45, 2.75) is 52.1 Å². The molecule has 26 heavy (non-hydrogen) atoms. The van der Waals surface area contributed by atoms with Gasteiger partial charge < -0.3 is 19.5 Å². The molecule has 0 heterocycles. The highest BCUT2D eigenvalue weighted by atomic mass is 16.5. The molecule has 6 heteroatoms. The van der Waals surface area contributed by atoms with E-state index in [9.17, 15) is 9.59 Å². The lowest BCUT2D eigenvalue weighted by atomic mass is 9.78. The molecule has 0 aromatic heterocycles. The number of esters is 1. The van der Waals surface area contributed by atoms with Gasteiger partial charge in [0.1, 0.15) is 16.9 Å². The van der Waals surface area contributed by atoms with E-state index in [2.05, 4.69) is 12.2 Å². The summed E-state index contributed by atoms with van der Waals surface area (Å²) in [5, 5.41) is 2.92. The highest BCUT2D eigenvalue weighted by molar-refractivity contribution is 5.99. The molecule has 2 atom stereocenters. The number of anilines is 1. The van der Waals surface area contributed by atoms with E-state index in [1.807, 2.05) is 6.92 Å². The van der Waals surface area contributed by atoms with Crippen LogP contribution in [0, 0.1) is 5.92 Å². The lowest BCUT2D eigenvalue weighted by molar-refractivity contribution is -0.147. The Hall–Kier alpha value is -2.08. The summed E-state index contributed by atoms with van der Waals surface area (Å²) in [6, 6.07) is 4.95. The Labute approximate surface area is 155 Å². The van der Waals surface area contributed by atoms with Crippen molar-refractivity contribution in [3.8, 4) is 5.75 Å². The van der Waals surface area contributed by atoms with E-state index in [-0.39, 0.29) is 18.1 Å². The van der Waals surface area contributed by atoms with Crippen LogP contribution in [0.3, 0.4) is 0 Å². The number of ether oxygens (including phenoxy) is 3. The van der Waals surface area contributed by atoms with Gasteiger partial charge in [-0.2, -0.15) is 0 Å². The minimum absolute atomic E-state index is 0.161. The quantitative estimate of drug-likeness (QED) is 0.746. The second kappa shape index (κ2) is 9.03. The fourth-order valence-electron chi connectivity index (χ4n) is 3.58. The van der Waals surface area contributed by atoms with Crippen LogP contribution in [0.4, 0.5) is 5.69 Å². The maximum atomic E-state index is 13.0. The van der Waals surface area contributed by atoms with Crippen LogP contribution in [0.15, 0.2) is 18.2 Å². The van der Waals surface area contributed by atoms with Gasteiger partial charge in [-0.25, -0.2) is 4.79 Å². The third-order valence-electron chi connectivity index (χ3n) is 4.74. The van der Waals surface area contributed by atoms with Crippen molar-refractivity contribution in [1.82, 2.24) is 0 Å². The van der Waals surface area contributed by atoms with Crippen LogP contribution in [0.2, 0.25) is 0 Å². The molecule has 6 nitrogen and oxygen atoms in total. The molecule has 0 spiro atoms. The van der Waals surface area contributed by atoms with Gasteiger partial charge in [0, 0.05) is 12.3 Å². The first-order chi connectivity index (χ1) is 12.5. The van der Waals surface area contributed by atoms with Crippen molar-refractivity contribution < 1.29 is 23.8 Å². The first-order valence-corrected chi connectivity index (χ1v) is 9.26. The molecule has 0 radical (unpaired) electrons. The monoisotopic (exact) mass is 363 g/mol. The van der Waals surface area contributed by atoms with Crippen LogP contribution >= 0.6 is 0 Å². The number of hydrogen-bond acceptors (Lipinski definition) is 5. The van der Waals surface area contributed by atoms with Gasteiger partial charge in [0.2, 0.25) is 0 Å². The van der Waals surface area contributed by atoms with Crippen LogP contribution < -0.4 is 10.1 Å². The summed E-state index contributed by atoms with van der Waals surface area (Å²) in [6.07, 6.45) is 3.48. The van der Waals surface area contributed by atoms with Gasteiger partial charge in [0.05, 0.1) is 13.7 Å². The van der Waals surface area contributed by atoms with E-state index in [1.165, 1.54) is 7.11 Å². The van der Waals surface area contributed by atoms with Crippen molar-refractivity contribution >= 4 is 17.6 Å². The number of rotatable bonds is 7. The first-order valence-electron chi connectivity index (χ1n) is 9.26. The highest BCUT2D eigenvalue weighted by Gasteiger charge is 2.42. The first kappa shape index (κ1) is 20.2. The summed E-state index contributed by atoms with van der Waals surface area (Å²) in [4.78, 5) is 25.1. The molecule has 144 valence electrons. The third-order valence-corrected chi connectivity index (χ3v) is 4.74. The number of amides is 1. The topological polar surface area (TPSA) is 73.9 Å². The van der Waals surface area contributed by atoms with Gasteiger partial charge in [0.25, 0.3) is 5.91 Å². The Kier molecular flexibility index (Phi) is 7.03. The Balaban J connectivity index is 2.24. The Morgan fingerprint density at radius 3 is 2.65 bits per heavy atom. The molecule has 0 bridgehead atoms. The smallest absolute Gasteiger partial charge is 0.341 e. The second-order valence-corrected chi connectivity index (χ2v) is 6.72. The average Bonchev–Trinajstić information content (AvgIpc) is 2.62. The van der Waals surface area contributed by atoms with Crippen molar-refractivity contribution in [3.63, 3.8) is 0 Å². The SMILES string of the molecule is CCOC(=O)c1cc(NC(=O)[C@@]2(OCC)CCC[C@@H](C)C2)ccc1OC. The second-order valence-electron chi connectivity index (χ2n) is 6.72. The van der Waals surface area contributed by atoms with E-state index in [4.69, 9.17) is 14.2 Å². The normalized spacial score (nSPS) is 22.5. The molecule has 1 aliphatic rings. The summed E-state index contributed by atoms with van der Waals surface area (Å²) < 4.78 is 16.2. The Morgan fingerprint density at radius 1 is 1.27 bits per heavy atom. The molecular weight excluding hydrogens is 334 g/mol. The predicted molar refractivity (Wildman–Crippen MR) is 99.6 cm³/mol. The standard InChI is InChI=1S/C20H29NO5/c1-5-25-18(22)16-12-15(9-10-17(16)24-4)21-19(23)20(26-6-2)11-7-8-14(3)13-20/h9-10,12,14H,5-8,11,13H2,1-4H3,(H,21,23)/t14-,20-/m1/s1. The number of carbonyl (C=O) groups excluding carboxylic acids is 2. The molecule has 1 aliphatic carbocycles. The van der Waals surface area contributed by atoms with Gasteiger partial charge >= 0.3 is 5.97 Å². The molecule has 1 fully saturated rings. The van der Waals surface area contributed by atoms with Gasteiger partial charge in [-0.05, 0) is 57.2 Å². The lowest BCUT2D eigenvalue weighted by Gasteiger charge is -2.38. The Morgan fingerprint density at radius 2 is 2.04 bits per heavy atom. The van der Waals surface area contributed by atoms with Crippen LogP contribution in [0.1, 0.15) is 56.8 Å². The summed E-state index contributed by atoms with van der Waals surface area (Å²) in [7, 11) is 1.49. The number of benzene rings is 1. The Bertz CT molecular complexity index is 641. The number of nitrogens with one attached hydrogen (secondary N) is 1. The average molecular weight is 363 g/mol. The highest BCUT2D eigenvalue weighted by Crippen LogP contribution is 2.36. The summed E-state index contributed by atoms with van der Waals surface area (Å²) in [6.45, 7) is 6.54. The molecule has 1 aromatic rings. The van der Waals surface area contributed by atoms with Gasteiger partial charge in [-0.3, -0.25) is 4.79 Å². The zero-order valence-corrected chi connectivity index (χ0v) is 16.1. The molecule has 0 saturated heterocycles. The van der Waals surface area contributed by atoms with Crippen molar-refractivity contribution in [2.75, 3.05) is 25.6 Å². The molecule has 1 amide bonds. The van der Waals surface area contributed by atoms with Crippen LogP contribution in [0.25, 0.3) is 0 Å². The predicted octanol–water partition coefficient (Wildman–Crippen LogP) is 3.80. The molecule has 1 saturated carbocycles. The van der Waals surface area contributed by atoms with Gasteiger partial charge in [-0.1, -0.05) is 13.3 Å². The van der Waals surface area contributed by atoms with E-state index in [0.717, 1.165) is 12.8 Å². The van der Waals surface area contributed by atoms with Crippen LogP contribution in [-0.2, 0) is 14.3 Å². The van der Waals surface area contributed by atoms with E-state index in [0.29, 0.717) is 36.8 Å². The zero-order valence-electron chi connectivity index (χ0n) is 16.1. The van der Waals surface area contributed by atoms with E-state index in [1.54, 1.807) is 25.1 Å². The fraction of sp³-hybridized carbons (Fsp3) is 0.600. The molecular formula is C20H29NO5. The minimum Gasteiger partial charge on any atom is -0.496 e. The van der Waals surface area contributed by atoms with E-state index >= 15 is 0 Å². The van der Waals surface area contributed by atoms with Crippen LogP contribution in [0.5, 0.6) is 5.75 Å². The summed E-state index contributed by atoms with van der Waals surface area (Å²) in [5.41, 5.74) is 0.00182. The van der Waals surface area contributed by atoms with Crippen molar-refractivity contribution in [3.05, 3.63) is 23.8 Å². The fourth-order valence-corrected chi connectivity index (χ4v) is 3.58. The molecule has 1 aromatic carbocycles. The number of methoxy groups -OCH3 is 1. The van der Waals surface area contributed by atoms with E-state index < -0.39 is 11.6 Å². The van der Waals surface area contributed by atoms with Crippen molar-refractivity contribution in [2.24, 2.45) is 5.92 Å². The van der Waals surface area contributed by atoms with Gasteiger partial charge in [-0.15, -0.1) is 0 Å². The summed E-state index contributed by atoms with van der Waals surface area (Å²) >= 11 is 0. The lowest BCUT2D eigenvalue weighted by Crippen LogP contribution is -2.48. The largest absolute Gasteiger partial charge is 0.496 e. The van der Waals surface area contributed by atoms with Crippen LogP contribution in [-0.4, -0.2) is 37.8 Å². The number of hydrogen-bond donors (Lipinski definition) is 1. The molecule has 0 aliphatic heterocycles. The molecule has 2 rings (SSSR count). The number of carbonyl (C=O) groups is 2. The molecule has 0 unspecified atom stereocenters. The zero-order chi connectivity index (χ0) is 19.2. The minimum atomic E-state index is -0.809. The summed E-state index contributed by atoms with van der Waals surface area (Å²) in [5.74, 6) is 0.205. The van der Waals surface area contributed by atoms with Gasteiger partial charge in [0.15, 0.2) is 0 Å². The maximum Gasteiger partial charge on any atom is 0.341 e. The maximum absolute atomic E-state index is 13.0. The van der Waals surface area contributed by atoms with Crippen molar-refractivity contribution in [1.29, 1.82) is 0 Å². The molecule has 1 N–H and O–H groups in total.